The molecule has 1 aromatic carbocycles. The summed E-state index contributed by atoms with van der Waals surface area (Å²) in [5.74, 6) is -3.07. The molecule has 0 aliphatic carbocycles. The third-order valence-corrected chi connectivity index (χ3v) is 5.62. The first-order valence-corrected chi connectivity index (χ1v) is 9.70. The molecular formula is C16H21FN2O5S. The summed E-state index contributed by atoms with van der Waals surface area (Å²) in [6.45, 7) is 3.79. The van der Waals surface area contributed by atoms with Crippen molar-refractivity contribution in [1.82, 2.24) is 4.90 Å². The molecule has 0 amide bonds. The molecule has 1 aromatic rings. The monoisotopic (exact) mass is 372 g/mol. The number of piperazine rings is 1. The summed E-state index contributed by atoms with van der Waals surface area (Å²) in [6, 6.07) is 4.40. The van der Waals surface area contributed by atoms with Gasteiger partial charge in [-0.15, -0.1) is 0 Å². The van der Waals surface area contributed by atoms with Crippen LogP contribution in [-0.2, 0) is 14.6 Å². The Kier molecular flexibility index (Phi) is 6.12. The Bertz CT molecular complexity index is 758. The highest BCUT2D eigenvalue weighted by molar-refractivity contribution is 7.92. The van der Waals surface area contributed by atoms with Gasteiger partial charge >= 0.3 is 5.97 Å². The van der Waals surface area contributed by atoms with Crippen LogP contribution >= 0.6 is 0 Å². The third-order valence-electron chi connectivity index (χ3n) is 4.13. The normalized spacial score (nSPS) is 16.0. The molecule has 0 unspecified atom stereocenters. The van der Waals surface area contributed by atoms with E-state index in [1.54, 1.807) is 12.1 Å². The number of carboxylic acid groups (broad SMARTS) is 1. The second-order valence-electron chi connectivity index (χ2n) is 6.04. The predicted molar refractivity (Wildman–Crippen MR) is 91.3 cm³/mol. The fourth-order valence-corrected chi connectivity index (χ4v) is 3.78. The van der Waals surface area contributed by atoms with E-state index in [2.05, 4.69) is 0 Å². The first kappa shape index (κ1) is 19.3. The van der Waals surface area contributed by atoms with E-state index in [0.29, 0.717) is 37.4 Å². The van der Waals surface area contributed by atoms with Gasteiger partial charge in [0.1, 0.15) is 11.6 Å². The maximum Gasteiger partial charge on any atom is 0.318 e. The first-order chi connectivity index (χ1) is 11.7. The number of anilines is 1. The maximum absolute atomic E-state index is 14.2. The number of hydrogen-bond acceptors (Lipinski definition) is 6. The SMILES string of the molecule is CC(=O)c1ccc(N2CCN(CCS(=O)(=O)CC(=O)O)CC2)c(F)c1. The van der Waals surface area contributed by atoms with Gasteiger partial charge in [0.2, 0.25) is 0 Å². The van der Waals surface area contributed by atoms with Gasteiger partial charge in [-0.25, -0.2) is 12.8 Å². The van der Waals surface area contributed by atoms with E-state index in [1.807, 2.05) is 9.80 Å². The van der Waals surface area contributed by atoms with Crippen molar-refractivity contribution in [2.45, 2.75) is 6.92 Å². The minimum atomic E-state index is -3.61. The quantitative estimate of drug-likeness (QED) is 0.702. The van der Waals surface area contributed by atoms with E-state index >= 15 is 0 Å². The summed E-state index contributed by atoms with van der Waals surface area (Å²) in [5, 5.41) is 8.57. The highest BCUT2D eigenvalue weighted by Crippen LogP contribution is 2.22. The van der Waals surface area contributed by atoms with Crippen LogP contribution < -0.4 is 4.90 Å². The van der Waals surface area contributed by atoms with E-state index in [1.165, 1.54) is 13.0 Å². The van der Waals surface area contributed by atoms with Gasteiger partial charge < -0.3 is 10.0 Å². The Morgan fingerprint density at radius 1 is 1.20 bits per heavy atom. The van der Waals surface area contributed by atoms with Gasteiger partial charge in [0.15, 0.2) is 15.6 Å². The molecule has 1 fully saturated rings. The molecule has 138 valence electrons. The molecule has 9 heteroatoms. The summed E-state index contributed by atoms with van der Waals surface area (Å²) in [5.41, 5.74) is 0.742. The highest BCUT2D eigenvalue weighted by atomic mass is 32.2. The zero-order valence-corrected chi connectivity index (χ0v) is 14.8. The van der Waals surface area contributed by atoms with Crippen LogP contribution in [0.1, 0.15) is 17.3 Å². The van der Waals surface area contributed by atoms with Crippen molar-refractivity contribution in [1.29, 1.82) is 0 Å². The largest absolute Gasteiger partial charge is 0.480 e. The minimum Gasteiger partial charge on any atom is -0.480 e. The fraction of sp³-hybridized carbons (Fsp3) is 0.500. The number of sulfone groups is 1. The molecule has 1 aliphatic rings. The number of ketones is 1. The van der Waals surface area contributed by atoms with Crippen LogP contribution in [0.5, 0.6) is 0 Å². The molecule has 7 nitrogen and oxygen atoms in total. The fourth-order valence-electron chi connectivity index (χ4n) is 2.72. The number of hydrogen-bond donors (Lipinski definition) is 1. The average molecular weight is 372 g/mol. The summed E-state index contributed by atoms with van der Waals surface area (Å²) < 4.78 is 37.4. The Hall–Kier alpha value is -2.00. The Morgan fingerprint density at radius 3 is 2.36 bits per heavy atom. The van der Waals surface area contributed by atoms with E-state index in [0.717, 1.165) is 0 Å². The van der Waals surface area contributed by atoms with Crippen LogP contribution in [0.25, 0.3) is 0 Å². The van der Waals surface area contributed by atoms with Gasteiger partial charge in [-0.05, 0) is 25.1 Å². The molecular weight excluding hydrogens is 351 g/mol. The van der Waals surface area contributed by atoms with E-state index in [9.17, 15) is 22.4 Å². The molecule has 1 N–H and O–H groups in total. The van der Waals surface area contributed by atoms with Gasteiger partial charge in [0.25, 0.3) is 0 Å². The number of nitrogens with zero attached hydrogens (tertiary/aromatic N) is 2. The van der Waals surface area contributed by atoms with Crippen molar-refractivity contribution >= 4 is 27.3 Å². The predicted octanol–water partition coefficient (Wildman–Crippen LogP) is 0.650. The number of carbonyl (C=O) groups excluding carboxylic acids is 1. The van der Waals surface area contributed by atoms with Crippen molar-refractivity contribution in [3.8, 4) is 0 Å². The van der Waals surface area contributed by atoms with Crippen molar-refractivity contribution in [2.24, 2.45) is 0 Å². The lowest BCUT2D eigenvalue weighted by atomic mass is 10.1. The van der Waals surface area contributed by atoms with Crippen LogP contribution in [0.4, 0.5) is 10.1 Å². The van der Waals surface area contributed by atoms with Crippen LogP contribution in [0.3, 0.4) is 0 Å². The molecule has 0 saturated carbocycles. The third kappa shape index (κ3) is 5.50. The summed E-state index contributed by atoms with van der Waals surface area (Å²) in [7, 11) is -3.61. The number of rotatable bonds is 7. The lowest BCUT2D eigenvalue weighted by Gasteiger charge is -2.36. The Balaban J connectivity index is 1.89. The molecule has 2 rings (SSSR count). The Labute approximate surface area is 146 Å². The Morgan fingerprint density at radius 2 is 1.84 bits per heavy atom. The van der Waals surface area contributed by atoms with E-state index < -0.39 is 27.4 Å². The van der Waals surface area contributed by atoms with Crippen molar-refractivity contribution in [3.63, 3.8) is 0 Å². The van der Waals surface area contributed by atoms with Gasteiger partial charge in [-0.1, -0.05) is 0 Å². The maximum atomic E-state index is 14.2. The van der Waals surface area contributed by atoms with Crippen molar-refractivity contribution < 1.29 is 27.5 Å². The molecule has 0 atom stereocenters. The number of carbonyl (C=O) groups is 2. The van der Waals surface area contributed by atoms with Crippen LogP contribution in [0.15, 0.2) is 18.2 Å². The second kappa shape index (κ2) is 7.92. The van der Waals surface area contributed by atoms with Crippen molar-refractivity contribution in [3.05, 3.63) is 29.6 Å². The average Bonchev–Trinajstić information content (AvgIpc) is 2.52. The number of Topliss-reactive ketones (excluding diaryl/α,β-unsaturated/α-hetero) is 1. The van der Waals surface area contributed by atoms with Crippen LogP contribution in [0.2, 0.25) is 0 Å². The van der Waals surface area contributed by atoms with Crippen molar-refractivity contribution in [2.75, 3.05) is 49.1 Å². The smallest absolute Gasteiger partial charge is 0.318 e. The summed E-state index contributed by atoms with van der Waals surface area (Å²) >= 11 is 0. The van der Waals surface area contributed by atoms with Crippen LogP contribution in [0, 0.1) is 5.82 Å². The lowest BCUT2D eigenvalue weighted by Crippen LogP contribution is -2.48. The number of carboxylic acids is 1. The van der Waals surface area contributed by atoms with Crippen LogP contribution in [-0.4, -0.2) is 74.4 Å². The van der Waals surface area contributed by atoms with Gasteiger partial charge in [-0.2, -0.15) is 0 Å². The van der Waals surface area contributed by atoms with E-state index in [-0.39, 0.29) is 18.1 Å². The van der Waals surface area contributed by atoms with Gasteiger partial charge in [-0.3, -0.25) is 14.5 Å². The zero-order valence-electron chi connectivity index (χ0n) is 13.9. The summed E-state index contributed by atoms with van der Waals surface area (Å²) in [6.07, 6.45) is 0. The minimum absolute atomic E-state index is 0.196. The molecule has 1 saturated heterocycles. The lowest BCUT2D eigenvalue weighted by molar-refractivity contribution is -0.134. The molecule has 0 aromatic heterocycles. The number of aliphatic carboxylic acids is 1. The number of benzene rings is 1. The highest BCUT2D eigenvalue weighted by Gasteiger charge is 2.22. The standard InChI is InChI=1S/C16H21FN2O5S/c1-12(20)13-2-3-15(14(17)10-13)19-6-4-18(5-7-19)8-9-25(23,24)11-16(21)22/h2-3,10H,4-9,11H2,1H3,(H,21,22). The summed E-state index contributed by atoms with van der Waals surface area (Å²) in [4.78, 5) is 25.5. The van der Waals surface area contributed by atoms with Gasteiger partial charge in [0.05, 0.1) is 11.4 Å². The van der Waals surface area contributed by atoms with E-state index in [4.69, 9.17) is 5.11 Å². The molecule has 25 heavy (non-hydrogen) atoms. The second-order valence-corrected chi connectivity index (χ2v) is 8.22. The molecule has 1 aliphatic heterocycles. The molecule has 0 bridgehead atoms. The zero-order chi connectivity index (χ0) is 18.6. The molecule has 0 radical (unpaired) electrons. The molecule has 0 spiro atoms. The number of halogens is 1. The topological polar surface area (TPSA) is 95.0 Å². The first-order valence-electron chi connectivity index (χ1n) is 7.88. The van der Waals surface area contributed by atoms with Gasteiger partial charge in [0, 0.05) is 38.3 Å². The molecule has 1 heterocycles.